The van der Waals surface area contributed by atoms with Gasteiger partial charge in [-0.15, -0.1) is 0 Å². The molecule has 0 aliphatic heterocycles. The second-order valence-electron chi connectivity index (χ2n) is 7.37. The molecule has 0 spiro atoms. The standard InChI is InChI=1S/C21H21Cl2F3N2O/c22-18-8-7-14(10-19(18)23)12-28(13-17-6-1-2-9-27-17)20(29)15-4-3-5-16(11-15)21(24,25)26/h1-2,6-10,15-16H,3-5,11-13H2. The molecular formula is C21H21Cl2F3N2O. The maximum atomic E-state index is 13.2. The number of hydrogen-bond donors (Lipinski definition) is 0. The monoisotopic (exact) mass is 444 g/mol. The van der Waals surface area contributed by atoms with Gasteiger partial charge in [-0.1, -0.05) is 41.8 Å². The molecule has 2 atom stereocenters. The van der Waals surface area contributed by atoms with Crippen LogP contribution in [0.5, 0.6) is 0 Å². The lowest BCUT2D eigenvalue weighted by molar-refractivity contribution is -0.187. The Bertz CT molecular complexity index is 846. The van der Waals surface area contributed by atoms with Crippen LogP contribution in [0.25, 0.3) is 0 Å². The predicted molar refractivity (Wildman–Crippen MR) is 106 cm³/mol. The van der Waals surface area contributed by atoms with Crippen molar-refractivity contribution in [2.45, 2.75) is 44.9 Å². The van der Waals surface area contributed by atoms with E-state index in [9.17, 15) is 18.0 Å². The van der Waals surface area contributed by atoms with Crippen molar-refractivity contribution in [1.82, 2.24) is 9.88 Å². The highest BCUT2D eigenvalue weighted by Gasteiger charge is 2.44. The van der Waals surface area contributed by atoms with Crippen LogP contribution in [0.1, 0.15) is 36.9 Å². The lowest BCUT2D eigenvalue weighted by Crippen LogP contribution is -2.39. The number of amides is 1. The smallest absolute Gasteiger partial charge is 0.332 e. The van der Waals surface area contributed by atoms with E-state index >= 15 is 0 Å². The van der Waals surface area contributed by atoms with E-state index < -0.39 is 18.0 Å². The highest BCUT2D eigenvalue weighted by Crippen LogP contribution is 2.40. The molecule has 1 aliphatic rings. The van der Waals surface area contributed by atoms with Crippen LogP contribution in [0.15, 0.2) is 42.6 Å². The zero-order chi connectivity index (χ0) is 21.0. The van der Waals surface area contributed by atoms with Crippen LogP contribution in [-0.4, -0.2) is 22.0 Å². The number of nitrogens with zero attached hydrogens (tertiary/aromatic N) is 2. The number of benzene rings is 1. The first kappa shape index (κ1) is 21.9. The minimum atomic E-state index is -4.27. The highest BCUT2D eigenvalue weighted by atomic mass is 35.5. The molecule has 29 heavy (non-hydrogen) atoms. The Hall–Kier alpha value is -1.79. The molecule has 3 rings (SSSR count). The van der Waals surface area contributed by atoms with Crippen molar-refractivity contribution < 1.29 is 18.0 Å². The molecule has 0 bridgehead atoms. The minimum Gasteiger partial charge on any atom is -0.332 e. The maximum Gasteiger partial charge on any atom is 0.391 e. The van der Waals surface area contributed by atoms with Crippen molar-refractivity contribution >= 4 is 29.1 Å². The van der Waals surface area contributed by atoms with E-state index in [0.29, 0.717) is 28.6 Å². The molecule has 1 aromatic carbocycles. The molecule has 3 nitrogen and oxygen atoms in total. The third-order valence-electron chi connectivity index (χ3n) is 5.23. The van der Waals surface area contributed by atoms with Crippen molar-refractivity contribution in [1.29, 1.82) is 0 Å². The van der Waals surface area contributed by atoms with Gasteiger partial charge in [0.2, 0.25) is 5.91 Å². The van der Waals surface area contributed by atoms with Crippen LogP contribution >= 0.6 is 23.2 Å². The van der Waals surface area contributed by atoms with E-state index in [1.807, 2.05) is 6.07 Å². The zero-order valence-corrected chi connectivity index (χ0v) is 17.1. The fourth-order valence-corrected chi connectivity index (χ4v) is 4.05. The molecule has 0 radical (unpaired) electrons. The number of rotatable bonds is 5. The van der Waals surface area contributed by atoms with Gasteiger partial charge in [0.15, 0.2) is 0 Å². The first-order chi connectivity index (χ1) is 13.7. The number of carbonyl (C=O) groups excluding carboxylic acids is 1. The maximum absolute atomic E-state index is 13.2. The van der Waals surface area contributed by atoms with E-state index in [-0.39, 0.29) is 31.8 Å². The molecule has 8 heteroatoms. The van der Waals surface area contributed by atoms with Gasteiger partial charge >= 0.3 is 6.18 Å². The normalized spacial score (nSPS) is 19.8. The van der Waals surface area contributed by atoms with Gasteiger partial charge in [0.05, 0.1) is 28.2 Å². The number of pyridine rings is 1. The zero-order valence-electron chi connectivity index (χ0n) is 15.6. The average Bonchev–Trinajstić information content (AvgIpc) is 2.70. The molecule has 1 heterocycles. The van der Waals surface area contributed by atoms with Gasteiger partial charge in [-0.3, -0.25) is 9.78 Å². The lowest BCUT2D eigenvalue weighted by atomic mass is 9.80. The van der Waals surface area contributed by atoms with Crippen LogP contribution in [0.3, 0.4) is 0 Å². The van der Waals surface area contributed by atoms with Crippen molar-refractivity contribution in [2.24, 2.45) is 11.8 Å². The van der Waals surface area contributed by atoms with E-state index in [0.717, 1.165) is 5.56 Å². The Morgan fingerprint density at radius 2 is 1.90 bits per heavy atom. The summed E-state index contributed by atoms with van der Waals surface area (Å²) in [6.07, 6.45) is -1.87. The van der Waals surface area contributed by atoms with Crippen LogP contribution in [0, 0.1) is 11.8 Å². The Morgan fingerprint density at radius 1 is 1.10 bits per heavy atom. The molecule has 1 amide bonds. The van der Waals surface area contributed by atoms with Crippen molar-refractivity contribution in [3.63, 3.8) is 0 Å². The molecule has 1 aliphatic carbocycles. The van der Waals surface area contributed by atoms with Gasteiger partial charge in [-0.2, -0.15) is 13.2 Å². The summed E-state index contributed by atoms with van der Waals surface area (Å²) in [5, 5.41) is 0.766. The van der Waals surface area contributed by atoms with E-state index in [4.69, 9.17) is 23.2 Å². The van der Waals surface area contributed by atoms with Crippen LogP contribution < -0.4 is 0 Å². The summed E-state index contributed by atoms with van der Waals surface area (Å²) < 4.78 is 39.6. The van der Waals surface area contributed by atoms with Crippen molar-refractivity contribution in [3.05, 3.63) is 63.9 Å². The summed E-state index contributed by atoms with van der Waals surface area (Å²) in [4.78, 5) is 19.0. The molecule has 2 aromatic rings. The second kappa shape index (κ2) is 9.35. The molecule has 1 aromatic heterocycles. The molecule has 0 saturated heterocycles. The summed E-state index contributed by atoms with van der Waals surface area (Å²) in [6, 6.07) is 10.4. The van der Waals surface area contributed by atoms with Gasteiger partial charge in [0, 0.05) is 18.7 Å². The summed E-state index contributed by atoms with van der Waals surface area (Å²) in [7, 11) is 0. The van der Waals surface area contributed by atoms with Gasteiger partial charge in [0.25, 0.3) is 0 Å². The molecule has 156 valence electrons. The number of carbonyl (C=O) groups is 1. The van der Waals surface area contributed by atoms with Gasteiger partial charge in [-0.25, -0.2) is 0 Å². The quantitative estimate of drug-likeness (QED) is 0.542. The van der Waals surface area contributed by atoms with Crippen LogP contribution in [-0.2, 0) is 17.9 Å². The van der Waals surface area contributed by atoms with Gasteiger partial charge in [-0.05, 0) is 49.1 Å². The first-order valence-corrected chi connectivity index (χ1v) is 10.2. The van der Waals surface area contributed by atoms with E-state index in [1.54, 1.807) is 41.4 Å². The average molecular weight is 445 g/mol. The predicted octanol–water partition coefficient (Wildman–Crippen LogP) is 6.29. The molecule has 1 saturated carbocycles. The van der Waals surface area contributed by atoms with E-state index in [2.05, 4.69) is 4.98 Å². The Balaban J connectivity index is 1.81. The fourth-order valence-electron chi connectivity index (χ4n) is 3.73. The Morgan fingerprint density at radius 3 is 2.55 bits per heavy atom. The first-order valence-electron chi connectivity index (χ1n) is 9.43. The number of hydrogen-bond acceptors (Lipinski definition) is 2. The molecule has 2 unspecified atom stereocenters. The topological polar surface area (TPSA) is 33.2 Å². The Labute approximate surface area is 177 Å². The van der Waals surface area contributed by atoms with Gasteiger partial charge in [0.1, 0.15) is 0 Å². The molecular weight excluding hydrogens is 424 g/mol. The van der Waals surface area contributed by atoms with Crippen molar-refractivity contribution in [2.75, 3.05) is 0 Å². The number of halogens is 5. The summed E-state index contributed by atoms with van der Waals surface area (Å²) >= 11 is 12.0. The summed E-state index contributed by atoms with van der Waals surface area (Å²) in [6.45, 7) is 0.437. The fraction of sp³-hybridized carbons (Fsp3) is 0.429. The lowest BCUT2D eigenvalue weighted by Gasteiger charge is -2.33. The molecule has 1 fully saturated rings. The highest BCUT2D eigenvalue weighted by molar-refractivity contribution is 6.42. The number of alkyl halides is 3. The molecule has 0 N–H and O–H groups in total. The minimum absolute atomic E-state index is 0.0836. The largest absolute Gasteiger partial charge is 0.391 e. The van der Waals surface area contributed by atoms with Crippen molar-refractivity contribution in [3.8, 4) is 0 Å². The van der Waals surface area contributed by atoms with Crippen LogP contribution in [0.4, 0.5) is 13.2 Å². The summed E-state index contributed by atoms with van der Waals surface area (Å²) in [5.41, 5.74) is 1.43. The Kier molecular flexibility index (Phi) is 7.06. The number of aromatic nitrogens is 1. The third-order valence-corrected chi connectivity index (χ3v) is 5.97. The summed E-state index contributed by atoms with van der Waals surface area (Å²) in [5.74, 6) is -2.36. The SMILES string of the molecule is O=C(C1CCCC(C(F)(F)F)C1)N(Cc1ccc(Cl)c(Cl)c1)Cc1ccccn1. The third kappa shape index (κ3) is 5.86. The second-order valence-corrected chi connectivity index (χ2v) is 8.18. The van der Waals surface area contributed by atoms with Crippen LogP contribution in [0.2, 0.25) is 10.0 Å². The van der Waals surface area contributed by atoms with Gasteiger partial charge < -0.3 is 4.90 Å². The van der Waals surface area contributed by atoms with E-state index in [1.165, 1.54) is 0 Å².